The first-order valence-electron chi connectivity index (χ1n) is 10.3. The molecule has 0 unspecified atom stereocenters. The van der Waals surface area contributed by atoms with Gasteiger partial charge < -0.3 is 9.64 Å². The van der Waals surface area contributed by atoms with E-state index in [1.165, 1.54) is 37.4 Å². The Labute approximate surface area is 197 Å². The molecule has 33 heavy (non-hydrogen) atoms. The molecule has 0 radical (unpaired) electrons. The van der Waals surface area contributed by atoms with Crippen LogP contribution in [0.15, 0.2) is 59.5 Å². The molecule has 1 aliphatic heterocycles. The van der Waals surface area contributed by atoms with Gasteiger partial charge in [-0.15, -0.1) is 0 Å². The number of amides is 1. The van der Waals surface area contributed by atoms with Crippen molar-refractivity contribution in [3.05, 3.63) is 82.1 Å². The van der Waals surface area contributed by atoms with Crippen molar-refractivity contribution in [1.29, 1.82) is 0 Å². The maximum atomic E-state index is 13.2. The topological polar surface area (TPSA) is 75.7 Å². The summed E-state index contributed by atoms with van der Waals surface area (Å²) in [7, 11) is -2.58. The fraction of sp³-hybridized carbons (Fsp3) is 0.208. The molecule has 3 aromatic rings. The number of carbonyl (C=O) groups excluding carboxylic acids is 1. The van der Waals surface area contributed by atoms with Crippen LogP contribution in [0.4, 0.5) is 15.8 Å². The molecule has 172 valence electrons. The number of hydrogen-bond acceptors (Lipinski definition) is 4. The van der Waals surface area contributed by atoms with E-state index in [1.807, 2.05) is 0 Å². The molecule has 1 amide bonds. The van der Waals surface area contributed by atoms with Crippen molar-refractivity contribution >= 4 is 38.9 Å². The maximum absolute atomic E-state index is 13.2. The molecule has 0 aromatic heterocycles. The number of carbonyl (C=O) groups is 1. The van der Waals surface area contributed by atoms with E-state index in [4.69, 9.17) is 16.3 Å². The van der Waals surface area contributed by atoms with Crippen LogP contribution in [0.1, 0.15) is 27.9 Å². The van der Waals surface area contributed by atoms with Crippen LogP contribution in [0.25, 0.3) is 0 Å². The average Bonchev–Trinajstić information content (AvgIpc) is 2.79. The van der Waals surface area contributed by atoms with Gasteiger partial charge in [0.1, 0.15) is 16.5 Å². The number of nitrogens with one attached hydrogen (secondary N) is 1. The van der Waals surface area contributed by atoms with Gasteiger partial charge in [-0.25, -0.2) is 12.8 Å². The summed E-state index contributed by atoms with van der Waals surface area (Å²) in [5, 5.41) is 0.316. The Bertz CT molecular complexity index is 1330. The van der Waals surface area contributed by atoms with Crippen molar-refractivity contribution in [1.82, 2.24) is 0 Å². The lowest BCUT2D eigenvalue weighted by atomic mass is 10.00. The van der Waals surface area contributed by atoms with Crippen LogP contribution in [0.3, 0.4) is 0 Å². The Morgan fingerprint density at radius 1 is 1.12 bits per heavy atom. The summed E-state index contributed by atoms with van der Waals surface area (Å²) in [4.78, 5) is 14.5. The van der Waals surface area contributed by atoms with Gasteiger partial charge >= 0.3 is 0 Å². The van der Waals surface area contributed by atoms with Gasteiger partial charge in [-0.2, -0.15) is 0 Å². The van der Waals surface area contributed by atoms with E-state index in [1.54, 1.807) is 36.1 Å². The van der Waals surface area contributed by atoms with Gasteiger partial charge in [-0.1, -0.05) is 11.6 Å². The van der Waals surface area contributed by atoms with E-state index in [0.29, 0.717) is 40.5 Å². The van der Waals surface area contributed by atoms with E-state index in [9.17, 15) is 17.6 Å². The second-order valence-electron chi connectivity index (χ2n) is 7.77. The molecule has 0 aliphatic carbocycles. The number of methoxy groups -OCH3 is 1. The first-order chi connectivity index (χ1) is 15.7. The van der Waals surface area contributed by atoms with E-state index >= 15 is 0 Å². The van der Waals surface area contributed by atoms with Crippen molar-refractivity contribution < 1.29 is 22.3 Å². The largest absolute Gasteiger partial charge is 0.495 e. The van der Waals surface area contributed by atoms with E-state index < -0.39 is 15.8 Å². The van der Waals surface area contributed by atoms with Crippen LogP contribution in [0.5, 0.6) is 5.75 Å². The molecule has 0 saturated heterocycles. The Kier molecular flexibility index (Phi) is 6.32. The molecule has 0 spiro atoms. The maximum Gasteiger partial charge on any atom is 0.265 e. The highest BCUT2D eigenvalue weighted by molar-refractivity contribution is 7.92. The van der Waals surface area contributed by atoms with Gasteiger partial charge in [0.15, 0.2) is 0 Å². The summed E-state index contributed by atoms with van der Waals surface area (Å²) < 4.78 is 47.1. The molecule has 4 rings (SSSR count). The van der Waals surface area contributed by atoms with Gasteiger partial charge in [0, 0.05) is 28.5 Å². The van der Waals surface area contributed by atoms with E-state index in [-0.39, 0.29) is 16.6 Å². The summed E-state index contributed by atoms with van der Waals surface area (Å²) >= 11 is 6.15. The Morgan fingerprint density at radius 3 is 2.55 bits per heavy atom. The predicted molar refractivity (Wildman–Crippen MR) is 126 cm³/mol. The van der Waals surface area contributed by atoms with Crippen molar-refractivity contribution in [2.45, 2.75) is 24.7 Å². The van der Waals surface area contributed by atoms with Crippen LogP contribution < -0.4 is 14.4 Å². The summed E-state index contributed by atoms with van der Waals surface area (Å²) in [6, 6.07) is 13.4. The van der Waals surface area contributed by atoms with Crippen LogP contribution in [0, 0.1) is 12.7 Å². The third-order valence-corrected chi connectivity index (χ3v) is 7.33. The van der Waals surface area contributed by atoms with Crippen LogP contribution >= 0.6 is 11.6 Å². The number of hydrogen-bond donors (Lipinski definition) is 1. The highest BCUT2D eigenvalue weighted by atomic mass is 35.5. The lowest BCUT2D eigenvalue weighted by Gasteiger charge is -2.30. The number of anilines is 2. The number of fused-ring (bicyclic) bond motifs is 1. The standard InChI is InChI=1S/C24H22ClFN2O4S/c1-15-12-22(32-2)23(14-20(15)25)33(30,31)27-19-9-10-21-17(13-19)4-3-11-28(21)24(29)16-5-7-18(26)8-6-16/h5-10,12-14,27H,3-4,11H2,1-2H3. The highest BCUT2D eigenvalue weighted by Crippen LogP contribution is 2.34. The van der Waals surface area contributed by atoms with Crippen molar-refractivity contribution in [2.24, 2.45) is 0 Å². The zero-order valence-electron chi connectivity index (χ0n) is 18.1. The van der Waals surface area contributed by atoms with Gasteiger partial charge in [0.05, 0.1) is 7.11 Å². The molecule has 1 aliphatic rings. The van der Waals surface area contributed by atoms with Gasteiger partial charge in [-0.3, -0.25) is 9.52 Å². The van der Waals surface area contributed by atoms with E-state index in [2.05, 4.69) is 4.72 Å². The number of halogens is 2. The third kappa shape index (κ3) is 4.67. The van der Waals surface area contributed by atoms with Crippen LogP contribution in [-0.2, 0) is 16.4 Å². The monoisotopic (exact) mass is 488 g/mol. The first-order valence-corrected chi connectivity index (χ1v) is 12.1. The molecule has 0 fully saturated rings. The Morgan fingerprint density at radius 2 is 1.85 bits per heavy atom. The lowest BCUT2D eigenvalue weighted by Crippen LogP contribution is -2.35. The number of sulfonamides is 1. The minimum absolute atomic E-state index is 0.0635. The third-order valence-electron chi connectivity index (χ3n) is 5.52. The SMILES string of the molecule is COc1cc(C)c(Cl)cc1S(=O)(=O)Nc1ccc2c(c1)CCCN2C(=O)c1ccc(F)cc1. The molecular formula is C24H22ClFN2O4S. The zero-order chi connectivity index (χ0) is 23.8. The summed E-state index contributed by atoms with van der Waals surface area (Å²) in [6.07, 6.45) is 1.41. The van der Waals surface area contributed by atoms with E-state index in [0.717, 1.165) is 12.0 Å². The number of nitrogens with zero attached hydrogens (tertiary/aromatic N) is 1. The Balaban J connectivity index is 1.63. The van der Waals surface area contributed by atoms with Crippen molar-refractivity contribution in [3.63, 3.8) is 0 Å². The first kappa shape index (κ1) is 23.1. The zero-order valence-corrected chi connectivity index (χ0v) is 19.6. The number of aryl methyl sites for hydroxylation is 2. The minimum Gasteiger partial charge on any atom is -0.495 e. The smallest absolute Gasteiger partial charge is 0.265 e. The Hall–Kier alpha value is -3.10. The predicted octanol–water partition coefficient (Wildman–Crippen LogP) is 5.19. The van der Waals surface area contributed by atoms with Crippen molar-refractivity contribution in [3.8, 4) is 5.75 Å². The summed E-state index contributed by atoms with van der Waals surface area (Å²) in [5.74, 6) is -0.448. The molecule has 0 atom stereocenters. The van der Waals surface area contributed by atoms with Gasteiger partial charge in [-0.05, 0) is 85.5 Å². The molecule has 0 saturated carbocycles. The second-order valence-corrected chi connectivity index (χ2v) is 9.83. The number of rotatable bonds is 5. The molecule has 3 aromatic carbocycles. The highest BCUT2D eigenvalue weighted by Gasteiger charge is 2.26. The average molecular weight is 489 g/mol. The molecule has 9 heteroatoms. The van der Waals surface area contributed by atoms with Crippen molar-refractivity contribution in [2.75, 3.05) is 23.3 Å². The fourth-order valence-corrected chi connectivity index (χ4v) is 5.29. The quantitative estimate of drug-likeness (QED) is 0.536. The summed E-state index contributed by atoms with van der Waals surface area (Å²) in [6.45, 7) is 2.28. The number of ether oxygens (including phenoxy) is 1. The molecule has 0 bridgehead atoms. The summed E-state index contributed by atoms with van der Waals surface area (Å²) in [5.41, 5.74) is 2.99. The van der Waals surface area contributed by atoms with Gasteiger partial charge in [0.25, 0.3) is 15.9 Å². The molecule has 6 nitrogen and oxygen atoms in total. The molecule has 1 N–H and O–H groups in total. The lowest BCUT2D eigenvalue weighted by molar-refractivity contribution is 0.0985. The normalized spacial score (nSPS) is 13.4. The number of benzene rings is 3. The van der Waals surface area contributed by atoms with Crippen LogP contribution in [-0.4, -0.2) is 28.0 Å². The van der Waals surface area contributed by atoms with Crippen LogP contribution in [0.2, 0.25) is 5.02 Å². The second kappa shape index (κ2) is 9.03. The minimum atomic E-state index is -3.97. The molecule has 1 heterocycles. The fourth-order valence-electron chi connectivity index (χ4n) is 3.84. The van der Waals surface area contributed by atoms with Gasteiger partial charge in [0.2, 0.25) is 0 Å². The molecular weight excluding hydrogens is 467 g/mol.